The molecular formula is C19H23IN6O2S. The van der Waals surface area contributed by atoms with Gasteiger partial charge >= 0.3 is 0 Å². The fraction of sp³-hybridized carbons (Fsp3) is 0.421. The summed E-state index contributed by atoms with van der Waals surface area (Å²) in [6.45, 7) is 7.28. The number of nitrogen functional groups attached to an aromatic ring is 1. The number of rotatable bonds is 8. The third-order valence-corrected chi connectivity index (χ3v) is 6.87. The Labute approximate surface area is 187 Å². The van der Waals surface area contributed by atoms with Gasteiger partial charge in [0.25, 0.3) is 0 Å². The number of nitrogens with zero attached hydrogens (tertiary/aromatic N) is 4. The zero-order valence-electron chi connectivity index (χ0n) is 16.3. The molecule has 0 saturated heterocycles. The normalized spacial score (nSPS) is 13.0. The number of imidazole rings is 1. The number of nitrogens with one attached hydrogen (secondary N) is 1. The predicted octanol–water partition coefficient (Wildman–Crippen LogP) is 3.53. The van der Waals surface area contributed by atoms with Crippen molar-refractivity contribution >= 4 is 51.3 Å². The van der Waals surface area contributed by atoms with Gasteiger partial charge in [-0.25, -0.2) is 15.0 Å². The van der Waals surface area contributed by atoms with Gasteiger partial charge in [0.2, 0.25) is 6.79 Å². The number of nitrogens with two attached hydrogens (primary N) is 1. The van der Waals surface area contributed by atoms with Gasteiger partial charge in [-0.3, -0.25) is 0 Å². The first-order valence-corrected chi connectivity index (χ1v) is 11.4. The standard InChI is InChI=1S/C19H23IN6O2S/c1-11(2)3-4-22-5-6-26-18-16(17(21)23-9-24-18)25-19(26)29-15-8-14-13(7-12(15)20)27-10-28-14/h7-9,11,22H,3-6,10H2,1-2H3,(H2,21,23,24). The Morgan fingerprint density at radius 2 is 2.03 bits per heavy atom. The summed E-state index contributed by atoms with van der Waals surface area (Å²) in [5.74, 6) is 2.61. The molecule has 0 bridgehead atoms. The largest absolute Gasteiger partial charge is 0.454 e. The number of hydrogen-bond acceptors (Lipinski definition) is 8. The highest BCUT2D eigenvalue weighted by molar-refractivity contribution is 14.1. The van der Waals surface area contributed by atoms with Crippen LogP contribution in [0.5, 0.6) is 11.5 Å². The van der Waals surface area contributed by atoms with Crippen molar-refractivity contribution in [1.82, 2.24) is 24.8 Å². The molecule has 0 atom stereocenters. The van der Waals surface area contributed by atoms with Crippen molar-refractivity contribution in [2.24, 2.45) is 5.92 Å². The molecule has 3 heterocycles. The van der Waals surface area contributed by atoms with E-state index < -0.39 is 0 Å². The van der Waals surface area contributed by atoms with Crippen LogP contribution in [0.4, 0.5) is 5.82 Å². The number of ether oxygens (including phenoxy) is 2. The van der Waals surface area contributed by atoms with E-state index in [0.29, 0.717) is 17.3 Å². The van der Waals surface area contributed by atoms with Crippen LogP contribution in [-0.4, -0.2) is 39.4 Å². The third-order valence-electron chi connectivity index (χ3n) is 4.56. The van der Waals surface area contributed by atoms with Crippen molar-refractivity contribution in [1.29, 1.82) is 0 Å². The van der Waals surface area contributed by atoms with Gasteiger partial charge < -0.3 is 25.1 Å². The van der Waals surface area contributed by atoms with Gasteiger partial charge in [-0.05, 0) is 53.6 Å². The molecule has 10 heteroatoms. The molecule has 3 aromatic rings. The fourth-order valence-electron chi connectivity index (χ4n) is 3.00. The average Bonchev–Trinajstić information content (AvgIpc) is 3.27. The highest BCUT2D eigenvalue weighted by atomic mass is 127. The van der Waals surface area contributed by atoms with Crippen molar-refractivity contribution in [2.45, 2.75) is 36.9 Å². The molecule has 29 heavy (non-hydrogen) atoms. The summed E-state index contributed by atoms with van der Waals surface area (Å²) >= 11 is 3.87. The topological polar surface area (TPSA) is 100 Å². The Morgan fingerprint density at radius 1 is 1.24 bits per heavy atom. The monoisotopic (exact) mass is 526 g/mol. The van der Waals surface area contributed by atoms with E-state index in [2.05, 4.69) is 56.3 Å². The minimum atomic E-state index is 0.256. The Morgan fingerprint density at radius 3 is 2.83 bits per heavy atom. The smallest absolute Gasteiger partial charge is 0.231 e. The maximum Gasteiger partial charge on any atom is 0.231 e. The van der Waals surface area contributed by atoms with Crippen molar-refractivity contribution in [3.63, 3.8) is 0 Å². The summed E-state index contributed by atoms with van der Waals surface area (Å²) in [5, 5.41) is 4.33. The summed E-state index contributed by atoms with van der Waals surface area (Å²) in [5.41, 5.74) is 7.44. The zero-order chi connectivity index (χ0) is 20.4. The van der Waals surface area contributed by atoms with E-state index in [0.717, 1.165) is 56.8 Å². The third kappa shape index (κ3) is 4.53. The predicted molar refractivity (Wildman–Crippen MR) is 121 cm³/mol. The van der Waals surface area contributed by atoms with Gasteiger partial charge in [-0.2, -0.15) is 0 Å². The minimum absolute atomic E-state index is 0.256. The molecule has 4 rings (SSSR count). The molecule has 3 N–H and O–H groups in total. The first-order valence-electron chi connectivity index (χ1n) is 9.47. The number of fused-ring (bicyclic) bond motifs is 2. The second-order valence-corrected chi connectivity index (χ2v) is 9.32. The Balaban J connectivity index is 1.60. The molecule has 8 nitrogen and oxygen atoms in total. The highest BCUT2D eigenvalue weighted by Gasteiger charge is 2.20. The highest BCUT2D eigenvalue weighted by Crippen LogP contribution is 2.41. The van der Waals surface area contributed by atoms with E-state index in [1.807, 2.05) is 12.1 Å². The van der Waals surface area contributed by atoms with E-state index in [1.165, 1.54) is 6.33 Å². The van der Waals surface area contributed by atoms with Crippen LogP contribution in [0.3, 0.4) is 0 Å². The number of hydrogen-bond donors (Lipinski definition) is 2. The molecular weight excluding hydrogens is 503 g/mol. The molecule has 1 aromatic carbocycles. The van der Waals surface area contributed by atoms with Gasteiger partial charge in [-0.1, -0.05) is 25.6 Å². The summed E-state index contributed by atoms with van der Waals surface area (Å²) in [4.78, 5) is 14.3. The molecule has 2 aromatic heterocycles. The Hall–Kier alpha value is -1.79. The quantitative estimate of drug-likeness (QED) is 0.340. The van der Waals surface area contributed by atoms with Gasteiger partial charge in [0.1, 0.15) is 6.33 Å². The second-order valence-electron chi connectivity index (χ2n) is 7.15. The molecule has 154 valence electrons. The van der Waals surface area contributed by atoms with Gasteiger partial charge in [0, 0.05) is 21.6 Å². The van der Waals surface area contributed by atoms with Crippen LogP contribution in [0, 0.1) is 9.49 Å². The molecule has 0 saturated carbocycles. The second kappa shape index (κ2) is 8.92. The van der Waals surface area contributed by atoms with Crippen LogP contribution in [0.1, 0.15) is 20.3 Å². The first-order chi connectivity index (χ1) is 14.0. The van der Waals surface area contributed by atoms with Crippen LogP contribution >= 0.6 is 34.4 Å². The number of halogens is 1. The molecule has 0 fully saturated rings. The number of aromatic nitrogens is 4. The van der Waals surface area contributed by atoms with Crippen LogP contribution in [0.2, 0.25) is 0 Å². The van der Waals surface area contributed by atoms with E-state index in [4.69, 9.17) is 20.2 Å². The van der Waals surface area contributed by atoms with Crippen molar-refractivity contribution in [2.75, 3.05) is 25.6 Å². The van der Waals surface area contributed by atoms with Gasteiger partial charge in [0.15, 0.2) is 33.6 Å². The molecule has 1 aliphatic heterocycles. The SMILES string of the molecule is CC(C)CCNCCn1c(Sc2cc3c(cc2I)OCO3)nc2c(N)ncnc21. The van der Waals surface area contributed by atoms with E-state index in [1.54, 1.807) is 11.8 Å². The molecule has 0 radical (unpaired) electrons. The number of anilines is 1. The Bertz CT molecular complexity index is 1030. The summed E-state index contributed by atoms with van der Waals surface area (Å²) in [6.07, 6.45) is 2.64. The van der Waals surface area contributed by atoms with Crippen molar-refractivity contribution < 1.29 is 9.47 Å². The lowest BCUT2D eigenvalue weighted by atomic mass is 10.1. The molecule has 0 aliphatic carbocycles. The first kappa shape index (κ1) is 20.5. The Kier molecular flexibility index (Phi) is 6.30. The van der Waals surface area contributed by atoms with E-state index in [9.17, 15) is 0 Å². The maximum absolute atomic E-state index is 6.06. The van der Waals surface area contributed by atoms with Crippen LogP contribution in [0.15, 0.2) is 28.5 Å². The number of benzene rings is 1. The average molecular weight is 526 g/mol. The molecule has 0 spiro atoms. The van der Waals surface area contributed by atoms with Crippen LogP contribution < -0.4 is 20.5 Å². The zero-order valence-corrected chi connectivity index (χ0v) is 19.3. The molecule has 1 aliphatic rings. The van der Waals surface area contributed by atoms with Gasteiger partial charge in [-0.15, -0.1) is 0 Å². The lowest BCUT2D eigenvalue weighted by molar-refractivity contribution is 0.174. The summed E-state index contributed by atoms with van der Waals surface area (Å²) in [6, 6.07) is 3.98. The lowest BCUT2D eigenvalue weighted by Crippen LogP contribution is -2.22. The summed E-state index contributed by atoms with van der Waals surface area (Å²) < 4.78 is 14.2. The summed E-state index contributed by atoms with van der Waals surface area (Å²) in [7, 11) is 0. The van der Waals surface area contributed by atoms with Crippen LogP contribution in [-0.2, 0) is 6.54 Å². The minimum Gasteiger partial charge on any atom is -0.454 e. The maximum atomic E-state index is 6.06. The van der Waals surface area contributed by atoms with Gasteiger partial charge in [0.05, 0.1) is 0 Å². The van der Waals surface area contributed by atoms with E-state index >= 15 is 0 Å². The molecule has 0 amide bonds. The van der Waals surface area contributed by atoms with Crippen molar-refractivity contribution in [3.05, 3.63) is 22.0 Å². The lowest BCUT2D eigenvalue weighted by Gasteiger charge is -2.11. The molecule has 0 unspecified atom stereocenters. The van der Waals surface area contributed by atoms with Crippen LogP contribution in [0.25, 0.3) is 11.2 Å². The van der Waals surface area contributed by atoms with E-state index in [-0.39, 0.29) is 6.79 Å². The van der Waals surface area contributed by atoms with Crippen molar-refractivity contribution in [3.8, 4) is 11.5 Å². The fourth-order valence-corrected chi connectivity index (χ4v) is 4.71.